The number of rotatable bonds is 5. The molecule has 0 radical (unpaired) electrons. The van der Waals surface area contributed by atoms with Gasteiger partial charge in [-0.25, -0.2) is 4.79 Å². The molecule has 1 aromatic heterocycles. The third-order valence-corrected chi connectivity index (χ3v) is 6.69. The Labute approximate surface area is 178 Å². The Kier molecular flexibility index (Phi) is 6.60. The second-order valence-electron chi connectivity index (χ2n) is 6.46. The number of carbonyl (C=O) groups is 2. The topological polar surface area (TPSA) is 64.6 Å². The average Bonchev–Trinajstić information content (AvgIpc) is 2.97. The molecular weight excluding hydrogens is 498 g/mol. The normalized spacial score (nSPS) is 15.8. The number of carbonyl (C=O) groups excluding carboxylic acids is 2. The van der Waals surface area contributed by atoms with Gasteiger partial charge in [-0.05, 0) is 64.9 Å². The van der Waals surface area contributed by atoms with E-state index in [4.69, 9.17) is 9.47 Å². The van der Waals surface area contributed by atoms with Crippen LogP contribution in [-0.2, 0) is 22.4 Å². The van der Waals surface area contributed by atoms with Gasteiger partial charge in [0.15, 0.2) is 6.61 Å². The van der Waals surface area contributed by atoms with Crippen LogP contribution in [0.15, 0.2) is 27.1 Å². The molecule has 0 saturated heterocycles. The number of nitrogens with one attached hydrogen (secondary N) is 1. The summed E-state index contributed by atoms with van der Waals surface area (Å²) >= 11 is 8.24. The van der Waals surface area contributed by atoms with Crippen molar-refractivity contribution in [3.8, 4) is 5.75 Å². The van der Waals surface area contributed by atoms with E-state index in [1.54, 1.807) is 6.07 Å². The minimum atomic E-state index is -0.408. The molecule has 1 atom stereocenters. The van der Waals surface area contributed by atoms with Crippen molar-refractivity contribution < 1.29 is 19.1 Å². The lowest BCUT2D eigenvalue weighted by Gasteiger charge is -2.18. The highest BCUT2D eigenvalue weighted by Crippen LogP contribution is 2.40. The molecule has 5 nitrogen and oxygen atoms in total. The van der Waals surface area contributed by atoms with Gasteiger partial charge in [0.1, 0.15) is 10.8 Å². The lowest BCUT2D eigenvalue weighted by atomic mass is 9.88. The van der Waals surface area contributed by atoms with Crippen LogP contribution >= 0.6 is 43.2 Å². The molecule has 3 rings (SSSR count). The van der Waals surface area contributed by atoms with Gasteiger partial charge >= 0.3 is 5.97 Å². The predicted octanol–water partition coefficient (Wildman–Crippen LogP) is 5.20. The molecule has 1 amide bonds. The first-order valence-electron chi connectivity index (χ1n) is 8.49. The molecule has 0 saturated carbocycles. The average molecular weight is 517 g/mol. The summed E-state index contributed by atoms with van der Waals surface area (Å²) in [5, 5.41) is 3.37. The fourth-order valence-electron chi connectivity index (χ4n) is 3.06. The van der Waals surface area contributed by atoms with E-state index in [1.807, 2.05) is 12.1 Å². The molecule has 0 fully saturated rings. The molecule has 1 N–H and O–H groups in total. The number of hydrogen-bond donors (Lipinski definition) is 1. The molecular formula is C19H19Br2NO4S. The van der Waals surface area contributed by atoms with Crippen molar-refractivity contribution in [3.05, 3.63) is 43.1 Å². The summed E-state index contributed by atoms with van der Waals surface area (Å²) < 4.78 is 12.2. The Hall–Kier alpha value is -1.38. The van der Waals surface area contributed by atoms with Crippen molar-refractivity contribution in [2.75, 3.05) is 19.0 Å². The predicted molar refractivity (Wildman–Crippen MR) is 113 cm³/mol. The van der Waals surface area contributed by atoms with Crippen LogP contribution in [-0.4, -0.2) is 25.6 Å². The van der Waals surface area contributed by atoms with Gasteiger partial charge in [0.2, 0.25) is 0 Å². The highest BCUT2D eigenvalue weighted by Gasteiger charge is 2.28. The Balaban J connectivity index is 1.74. The Morgan fingerprint density at radius 3 is 2.81 bits per heavy atom. The fraction of sp³-hybridized carbons (Fsp3) is 0.368. The number of ether oxygens (including phenoxy) is 2. The first-order valence-corrected chi connectivity index (χ1v) is 10.9. The van der Waals surface area contributed by atoms with E-state index >= 15 is 0 Å². The van der Waals surface area contributed by atoms with Crippen molar-refractivity contribution in [1.29, 1.82) is 0 Å². The maximum absolute atomic E-state index is 12.4. The third kappa shape index (κ3) is 4.73. The fourth-order valence-corrected chi connectivity index (χ4v) is 5.63. The number of hydrogen-bond acceptors (Lipinski definition) is 5. The van der Waals surface area contributed by atoms with E-state index in [-0.39, 0.29) is 12.5 Å². The van der Waals surface area contributed by atoms with Gasteiger partial charge in [0, 0.05) is 9.35 Å². The summed E-state index contributed by atoms with van der Waals surface area (Å²) in [5.41, 5.74) is 1.50. The Morgan fingerprint density at radius 2 is 2.11 bits per heavy atom. The highest BCUT2D eigenvalue weighted by molar-refractivity contribution is 9.11. The summed E-state index contributed by atoms with van der Waals surface area (Å²) in [6.45, 7) is 2.04. The molecule has 144 valence electrons. The Bertz CT molecular complexity index is 881. The zero-order valence-electron chi connectivity index (χ0n) is 14.9. The number of methoxy groups -OCH3 is 1. The number of anilines is 1. The molecule has 1 heterocycles. The van der Waals surface area contributed by atoms with Gasteiger partial charge in [-0.1, -0.05) is 22.9 Å². The van der Waals surface area contributed by atoms with Crippen LogP contribution in [0.25, 0.3) is 0 Å². The van der Waals surface area contributed by atoms with Gasteiger partial charge in [0.25, 0.3) is 5.91 Å². The monoisotopic (exact) mass is 515 g/mol. The standard InChI is InChI=1S/C19H19Br2NO4S/c1-10-3-5-12-15(7-10)27-18(17(12)19(24)25-2)22-16(23)9-26-14-6-4-11(20)8-13(14)21/h4,6,8,10H,3,5,7,9H2,1-2H3,(H,22,23). The number of thiophene rings is 1. The molecule has 27 heavy (non-hydrogen) atoms. The van der Waals surface area contributed by atoms with Gasteiger partial charge in [-0.3, -0.25) is 4.79 Å². The van der Waals surface area contributed by atoms with Crippen LogP contribution in [0.5, 0.6) is 5.75 Å². The second-order valence-corrected chi connectivity index (χ2v) is 9.33. The summed E-state index contributed by atoms with van der Waals surface area (Å²) in [6.07, 6.45) is 2.78. The van der Waals surface area contributed by atoms with Crippen LogP contribution in [0, 0.1) is 5.92 Å². The lowest BCUT2D eigenvalue weighted by molar-refractivity contribution is -0.118. The van der Waals surface area contributed by atoms with Gasteiger partial charge < -0.3 is 14.8 Å². The van der Waals surface area contributed by atoms with E-state index in [0.29, 0.717) is 22.2 Å². The number of amides is 1. The minimum Gasteiger partial charge on any atom is -0.483 e. The summed E-state index contributed by atoms with van der Waals surface area (Å²) in [6, 6.07) is 5.45. The van der Waals surface area contributed by atoms with Gasteiger partial charge in [-0.15, -0.1) is 11.3 Å². The van der Waals surface area contributed by atoms with Gasteiger partial charge in [0.05, 0.1) is 17.1 Å². The molecule has 1 aromatic carbocycles. The van der Waals surface area contributed by atoms with E-state index in [9.17, 15) is 9.59 Å². The van der Waals surface area contributed by atoms with Crippen molar-refractivity contribution >= 4 is 60.1 Å². The maximum Gasteiger partial charge on any atom is 0.341 e. The second kappa shape index (κ2) is 8.75. The van der Waals surface area contributed by atoms with Gasteiger partial charge in [-0.2, -0.15) is 0 Å². The third-order valence-electron chi connectivity index (χ3n) is 4.41. The summed E-state index contributed by atoms with van der Waals surface area (Å²) in [7, 11) is 1.36. The van der Waals surface area contributed by atoms with Crippen molar-refractivity contribution in [2.24, 2.45) is 5.92 Å². The van der Waals surface area contributed by atoms with Crippen molar-refractivity contribution in [3.63, 3.8) is 0 Å². The number of benzene rings is 1. The Morgan fingerprint density at radius 1 is 1.33 bits per heavy atom. The van der Waals surface area contributed by atoms with Crippen LogP contribution in [0.1, 0.15) is 34.1 Å². The highest BCUT2D eigenvalue weighted by atomic mass is 79.9. The van der Waals surface area contributed by atoms with E-state index in [0.717, 1.165) is 38.6 Å². The number of fused-ring (bicyclic) bond motifs is 1. The zero-order valence-corrected chi connectivity index (χ0v) is 18.9. The molecule has 0 aliphatic heterocycles. The molecule has 1 unspecified atom stereocenters. The van der Waals surface area contributed by atoms with Crippen LogP contribution in [0.3, 0.4) is 0 Å². The van der Waals surface area contributed by atoms with E-state index in [2.05, 4.69) is 44.1 Å². The largest absolute Gasteiger partial charge is 0.483 e. The number of esters is 1. The van der Waals surface area contributed by atoms with Crippen LogP contribution < -0.4 is 10.1 Å². The van der Waals surface area contributed by atoms with E-state index in [1.165, 1.54) is 18.4 Å². The van der Waals surface area contributed by atoms with Crippen LogP contribution in [0.2, 0.25) is 0 Å². The first kappa shape index (κ1) is 20.4. The molecule has 1 aliphatic carbocycles. The maximum atomic E-state index is 12.4. The molecule has 1 aliphatic rings. The number of halogens is 2. The lowest BCUT2D eigenvalue weighted by Crippen LogP contribution is -2.21. The molecule has 0 bridgehead atoms. The van der Waals surface area contributed by atoms with Crippen molar-refractivity contribution in [1.82, 2.24) is 0 Å². The first-order chi connectivity index (χ1) is 12.9. The minimum absolute atomic E-state index is 0.153. The summed E-state index contributed by atoms with van der Waals surface area (Å²) in [5.74, 6) is 0.416. The van der Waals surface area contributed by atoms with Crippen molar-refractivity contribution in [2.45, 2.75) is 26.2 Å². The van der Waals surface area contributed by atoms with E-state index < -0.39 is 5.97 Å². The molecule has 8 heteroatoms. The molecule has 2 aromatic rings. The van der Waals surface area contributed by atoms with Crippen LogP contribution in [0.4, 0.5) is 5.00 Å². The smallest absolute Gasteiger partial charge is 0.341 e. The summed E-state index contributed by atoms with van der Waals surface area (Å²) in [4.78, 5) is 25.8. The zero-order chi connectivity index (χ0) is 19.6. The SMILES string of the molecule is COC(=O)c1c(NC(=O)COc2ccc(Br)cc2Br)sc2c1CCC(C)C2. The molecule has 0 spiro atoms. The quantitative estimate of drug-likeness (QED) is 0.554.